The van der Waals surface area contributed by atoms with E-state index in [4.69, 9.17) is 0 Å². The fourth-order valence-corrected chi connectivity index (χ4v) is 2.07. The van der Waals surface area contributed by atoms with Gasteiger partial charge in [0.15, 0.2) is 0 Å². The quantitative estimate of drug-likeness (QED) is 0.445. The van der Waals surface area contributed by atoms with Gasteiger partial charge >= 0.3 is 0 Å². The third kappa shape index (κ3) is 8.01. The van der Waals surface area contributed by atoms with Gasteiger partial charge in [0, 0.05) is 25.5 Å². The van der Waals surface area contributed by atoms with Crippen LogP contribution in [0.1, 0.15) is 40.2 Å². The highest BCUT2D eigenvalue weighted by molar-refractivity contribution is 9.11. The van der Waals surface area contributed by atoms with Crippen molar-refractivity contribution in [2.24, 2.45) is 4.40 Å². The maximum atomic E-state index is 4.36. The first-order chi connectivity index (χ1) is 7.88. The molecule has 1 nitrogen and oxygen atoms in total. The van der Waals surface area contributed by atoms with E-state index in [2.05, 4.69) is 57.0 Å². The van der Waals surface area contributed by atoms with E-state index in [0.29, 0.717) is 0 Å². The summed E-state index contributed by atoms with van der Waals surface area (Å²) in [5, 5.41) is 0. The molecule has 0 fully saturated rings. The van der Waals surface area contributed by atoms with Crippen LogP contribution in [0, 0.1) is 0 Å². The number of benzene rings is 1. The summed E-state index contributed by atoms with van der Waals surface area (Å²) in [6, 6.07) is 6.04. The average molecular weight is 381 g/mol. The molecule has 0 heterocycles. The van der Waals surface area contributed by atoms with Gasteiger partial charge < -0.3 is 0 Å². The lowest BCUT2D eigenvalue weighted by Gasteiger charge is -2.12. The van der Waals surface area contributed by atoms with Gasteiger partial charge in [0.2, 0.25) is 0 Å². The molecule has 0 radical (unpaired) electrons. The Morgan fingerprint density at radius 1 is 1.18 bits per heavy atom. The fourth-order valence-electron chi connectivity index (χ4n) is 0.855. The van der Waals surface area contributed by atoms with E-state index in [0.717, 1.165) is 14.5 Å². The zero-order valence-corrected chi connectivity index (χ0v) is 14.9. The molecule has 0 spiro atoms. The van der Waals surface area contributed by atoms with Gasteiger partial charge in [-0.05, 0) is 50.9 Å². The van der Waals surface area contributed by atoms with Crippen LogP contribution in [0.3, 0.4) is 0 Å². The second kappa shape index (κ2) is 8.33. The van der Waals surface area contributed by atoms with Crippen molar-refractivity contribution in [1.82, 2.24) is 0 Å². The summed E-state index contributed by atoms with van der Waals surface area (Å²) >= 11 is 8.50. The third-order valence-corrected chi connectivity index (χ3v) is 3.45. The number of nitrogens with zero attached hydrogens (tertiary/aromatic N) is 1. The van der Waals surface area contributed by atoms with Crippen LogP contribution < -0.4 is 0 Å². The van der Waals surface area contributed by atoms with E-state index < -0.39 is 0 Å². The minimum absolute atomic E-state index is 0.162. The first-order valence-corrected chi connectivity index (χ1v) is 7.91. The molecule has 0 aliphatic rings. The van der Waals surface area contributed by atoms with E-state index in [9.17, 15) is 0 Å². The molecule has 1 rings (SSSR count). The topological polar surface area (TPSA) is 12.4 Å². The zero-order valence-electron chi connectivity index (χ0n) is 10.9. The molecule has 17 heavy (non-hydrogen) atoms. The lowest BCUT2D eigenvalue weighted by Crippen LogP contribution is -2.05. The molecule has 96 valence electrons. The highest BCUT2D eigenvalue weighted by Gasteiger charge is 2.09. The molecule has 0 saturated carbocycles. The predicted molar refractivity (Wildman–Crippen MR) is 88.1 cm³/mol. The highest BCUT2D eigenvalue weighted by Crippen LogP contribution is 2.25. The first-order valence-electron chi connectivity index (χ1n) is 5.55. The molecule has 1 aromatic carbocycles. The Bertz CT molecular complexity index is 370. The van der Waals surface area contributed by atoms with Crippen LogP contribution in [0.2, 0.25) is 0 Å². The van der Waals surface area contributed by atoms with Gasteiger partial charge in [0.1, 0.15) is 0 Å². The maximum absolute atomic E-state index is 4.36. The van der Waals surface area contributed by atoms with E-state index in [1.165, 1.54) is 0 Å². The molecule has 0 saturated heterocycles. The van der Waals surface area contributed by atoms with Crippen LogP contribution in [0.5, 0.6) is 0 Å². The van der Waals surface area contributed by atoms with Gasteiger partial charge in [-0.1, -0.05) is 45.7 Å². The van der Waals surface area contributed by atoms with Crippen LogP contribution >= 0.6 is 43.8 Å². The molecule has 0 unspecified atom stereocenters. The van der Waals surface area contributed by atoms with Crippen molar-refractivity contribution in [3.8, 4) is 0 Å². The molecule has 0 N–H and O–H groups in total. The van der Waals surface area contributed by atoms with Crippen molar-refractivity contribution < 1.29 is 0 Å². The number of halogens is 2. The predicted octanol–water partition coefficient (Wildman–Crippen LogP) is 6.10. The van der Waals surface area contributed by atoms with Crippen molar-refractivity contribution in [3.05, 3.63) is 32.7 Å². The maximum Gasteiger partial charge on any atom is 0.0435 e. The summed E-state index contributed by atoms with van der Waals surface area (Å²) in [4.78, 5) is 0. The van der Waals surface area contributed by atoms with E-state index in [1.54, 1.807) is 11.9 Å². The number of rotatable bonds is 2. The second-order valence-electron chi connectivity index (χ2n) is 4.10. The standard InChI is InChI=1S/C11H13Br2NS.C2H6/c1-11(2,3)15-14-7-8-6-9(12)4-5-10(8)13;1-2/h4-7H,1-3H3;1-2H3/b14-7-;. The molecule has 0 aliphatic heterocycles. The molecule has 0 atom stereocenters. The SMILES string of the molecule is CC.CC(C)(C)S/N=C\c1cc(Br)ccc1Br. The molecule has 0 bridgehead atoms. The molecular weight excluding hydrogens is 362 g/mol. The Labute approximate surface area is 126 Å². The van der Waals surface area contributed by atoms with Gasteiger partial charge in [0.05, 0.1) is 0 Å². The summed E-state index contributed by atoms with van der Waals surface area (Å²) in [5.74, 6) is 0. The Balaban J connectivity index is 0.00000121. The van der Waals surface area contributed by atoms with Gasteiger partial charge in [-0.2, -0.15) is 0 Å². The lowest BCUT2D eigenvalue weighted by atomic mass is 10.2. The van der Waals surface area contributed by atoms with Crippen LogP contribution in [-0.4, -0.2) is 11.0 Å². The second-order valence-corrected chi connectivity index (χ2v) is 7.49. The summed E-state index contributed by atoms with van der Waals surface area (Å²) in [6.45, 7) is 10.4. The van der Waals surface area contributed by atoms with Crippen molar-refractivity contribution in [2.75, 3.05) is 0 Å². The monoisotopic (exact) mass is 379 g/mol. The van der Waals surface area contributed by atoms with Gasteiger partial charge in [-0.3, -0.25) is 0 Å². The molecule has 0 aliphatic carbocycles. The number of hydrogen-bond acceptors (Lipinski definition) is 2. The molecular formula is C13H19Br2NS. The first kappa shape index (κ1) is 17.2. The van der Waals surface area contributed by atoms with Crippen molar-refractivity contribution >= 4 is 50.0 Å². The van der Waals surface area contributed by atoms with Crippen LogP contribution in [0.25, 0.3) is 0 Å². The Hall–Kier alpha value is 0.200. The van der Waals surface area contributed by atoms with Crippen molar-refractivity contribution in [3.63, 3.8) is 0 Å². The van der Waals surface area contributed by atoms with E-state index >= 15 is 0 Å². The van der Waals surface area contributed by atoms with Gasteiger partial charge in [0.25, 0.3) is 0 Å². The summed E-state index contributed by atoms with van der Waals surface area (Å²) in [7, 11) is 0. The summed E-state index contributed by atoms with van der Waals surface area (Å²) in [5.41, 5.74) is 1.08. The lowest BCUT2D eigenvalue weighted by molar-refractivity contribution is 0.804. The summed E-state index contributed by atoms with van der Waals surface area (Å²) < 4.78 is 6.64. The van der Waals surface area contributed by atoms with Crippen LogP contribution in [0.4, 0.5) is 0 Å². The highest BCUT2D eigenvalue weighted by atomic mass is 79.9. The molecule has 1 aromatic rings. The largest absolute Gasteiger partial charge is 0.223 e. The Morgan fingerprint density at radius 2 is 1.76 bits per heavy atom. The van der Waals surface area contributed by atoms with E-state index in [1.807, 2.05) is 38.3 Å². The average Bonchev–Trinajstić information content (AvgIpc) is 2.24. The van der Waals surface area contributed by atoms with Crippen molar-refractivity contribution in [2.45, 2.75) is 39.4 Å². The minimum atomic E-state index is 0.162. The zero-order chi connectivity index (χ0) is 13.5. The third-order valence-electron chi connectivity index (χ3n) is 1.48. The van der Waals surface area contributed by atoms with Crippen molar-refractivity contribution in [1.29, 1.82) is 0 Å². The number of hydrogen-bond donors (Lipinski definition) is 0. The van der Waals surface area contributed by atoms with Gasteiger partial charge in [-0.15, -0.1) is 0 Å². The molecule has 0 aromatic heterocycles. The molecule has 4 heteroatoms. The Kier molecular flexibility index (Phi) is 8.43. The van der Waals surface area contributed by atoms with Crippen LogP contribution in [0.15, 0.2) is 31.5 Å². The van der Waals surface area contributed by atoms with E-state index in [-0.39, 0.29) is 4.75 Å². The fraction of sp³-hybridized carbons (Fsp3) is 0.462. The molecule has 0 amide bonds. The summed E-state index contributed by atoms with van der Waals surface area (Å²) in [6.07, 6.45) is 1.88. The van der Waals surface area contributed by atoms with Crippen LogP contribution in [-0.2, 0) is 0 Å². The minimum Gasteiger partial charge on any atom is -0.223 e. The normalized spacial score (nSPS) is 11.2. The smallest absolute Gasteiger partial charge is 0.0435 e. The Morgan fingerprint density at radius 3 is 2.29 bits per heavy atom. The van der Waals surface area contributed by atoms with Gasteiger partial charge in [-0.25, -0.2) is 4.40 Å².